The number of hydrogen-bond donors (Lipinski definition) is 0. The van der Waals surface area contributed by atoms with E-state index in [1.807, 2.05) is 11.8 Å². The molecule has 1 aliphatic rings. The van der Waals surface area contributed by atoms with Crippen molar-refractivity contribution in [2.75, 3.05) is 18.8 Å². The molecule has 64 valence electrons. The van der Waals surface area contributed by atoms with Crippen LogP contribution in [0.25, 0.3) is 0 Å². The minimum atomic E-state index is -0.302. The van der Waals surface area contributed by atoms with Crippen LogP contribution in [0.4, 0.5) is 4.79 Å². The van der Waals surface area contributed by atoms with Gasteiger partial charge in [-0.15, -0.1) is 0 Å². The number of hydrogen-bond acceptors (Lipinski definition) is 2. The van der Waals surface area contributed by atoms with Gasteiger partial charge in [0, 0.05) is 18.3 Å². The molecule has 11 heavy (non-hydrogen) atoms. The maximum absolute atomic E-state index is 10.7. The molecule has 0 bridgehead atoms. The molecule has 2 nitrogen and oxygen atoms in total. The summed E-state index contributed by atoms with van der Waals surface area (Å²) in [5, 5.41) is 0.312. The molecule has 4 heteroatoms. The van der Waals surface area contributed by atoms with Crippen LogP contribution in [0.5, 0.6) is 0 Å². The second-order valence-electron chi connectivity index (χ2n) is 2.56. The Morgan fingerprint density at radius 2 is 2.55 bits per heavy atom. The van der Waals surface area contributed by atoms with E-state index in [1.54, 1.807) is 4.90 Å². The molecular formula is C7H12ClNOS. The zero-order valence-corrected chi connectivity index (χ0v) is 8.12. The summed E-state index contributed by atoms with van der Waals surface area (Å²) < 4.78 is 0. The number of likely N-dealkylation sites (tertiary alicyclic amines) is 1. The summed E-state index contributed by atoms with van der Waals surface area (Å²) in [5.41, 5.74) is 0. The molecule has 1 rings (SSSR count). The molecule has 1 aliphatic heterocycles. The standard InChI is InChI=1S/C7H12ClNOS/c1-2-11-6-3-4-9(5-6)7(8)10/h6H,2-5H2,1H3. The molecule has 1 amide bonds. The fourth-order valence-electron chi connectivity index (χ4n) is 1.26. The van der Waals surface area contributed by atoms with E-state index in [9.17, 15) is 4.79 Å². The average Bonchev–Trinajstić information content (AvgIpc) is 2.37. The first kappa shape index (κ1) is 9.20. The number of halogens is 1. The molecule has 1 unspecified atom stereocenters. The van der Waals surface area contributed by atoms with E-state index in [4.69, 9.17) is 11.6 Å². The van der Waals surface area contributed by atoms with Crippen molar-refractivity contribution in [1.29, 1.82) is 0 Å². The topological polar surface area (TPSA) is 20.3 Å². The minimum absolute atomic E-state index is 0.302. The Morgan fingerprint density at radius 3 is 3.00 bits per heavy atom. The quantitative estimate of drug-likeness (QED) is 0.495. The number of carbonyl (C=O) groups is 1. The maximum atomic E-state index is 10.7. The van der Waals surface area contributed by atoms with Crippen molar-refractivity contribution >= 4 is 28.7 Å². The van der Waals surface area contributed by atoms with E-state index in [0.717, 1.165) is 25.3 Å². The van der Waals surface area contributed by atoms with Crippen LogP contribution in [0.15, 0.2) is 0 Å². The summed E-state index contributed by atoms with van der Waals surface area (Å²) >= 11 is 7.23. The molecule has 0 aromatic heterocycles. The highest BCUT2D eigenvalue weighted by atomic mass is 35.5. The van der Waals surface area contributed by atoms with Crippen molar-refractivity contribution in [3.8, 4) is 0 Å². The van der Waals surface area contributed by atoms with Crippen LogP contribution in [-0.2, 0) is 0 Å². The molecule has 0 saturated carbocycles. The monoisotopic (exact) mass is 193 g/mol. The van der Waals surface area contributed by atoms with Crippen molar-refractivity contribution in [1.82, 2.24) is 4.90 Å². The van der Waals surface area contributed by atoms with Gasteiger partial charge in [-0.05, 0) is 23.8 Å². The molecule has 0 radical (unpaired) electrons. The van der Waals surface area contributed by atoms with Crippen LogP contribution < -0.4 is 0 Å². The van der Waals surface area contributed by atoms with Crippen molar-refractivity contribution < 1.29 is 4.79 Å². The highest BCUT2D eigenvalue weighted by molar-refractivity contribution is 7.99. The van der Waals surface area contributed by atoms with Crippen molar-refractivity contribution in [2.45, 2.75) is 18.6 Å². The first-order valence-electron chi connectivity index (χ1n) is 3.80. The largest absolute Gasteiger partial charge is 0.328 e. The molecule has 0 N–H and O–H groups in total. The number of amides is 1. The molecule has 0 aromatic carbocycles. The summed E-state index contributed by atoms with van der Waals surface area (Å²) in [7, 11) is 0. The van der Waals surface area contributed by atoms with Gasteiger partial charge >= 0.3 is 5.37 Å². The fourth-order valence-corrected chi connectivity index (χ4v) is 2.44. The summed E-state index contributed by atoms with van der Waals surface area (Å²) in [6.45, 7) is 3.80. The van der Waals surface area contributed by atoms with Crippen LogP contribution in [-0.4, -0.2) is 34.4 Å². The Bertz CT molecular complexity index is 153. The summed E-state index contributed by atoms with van der Waals surface area (Å²) in [6.07, 6.45) is 1.09. The van der Waals surface area contributed by atoms with Gasteiger partial charge in [-0.3, -0.25) is 4.79 Å². The SMILES string of the molecule is CCSC1CCN(C(=O)Cl)C1. The lowest BCUT2D eigenvalue weighted by Gasteiger charge is -2.11. The zero-order chi connectivity index (χ0) is 8.27. The highest BCUT2D eigenvalue weighted by Gasteiger charge is 2.24. The maximum Gasteiger partial charge on any atom is 0.316 e. The Kier molecular flexibility index (Phi) is 3.52. The van der Waals surface area contributed by atoms with Crippen LogP contribution in [0, 0.1) is 0 Å². The van der Waals surface area contributed by atoms with Gasteiger partial charge in [-0.25, -0.2) is 0 Å². The Labute approximate surface area is 76.3 Å². The van der Waals surface area contributed by atoms with E-state index in [1.165, 1.54) is 0 Å². The predicted octanol–water partition coefficient (Wildman–Crippen LogP) is 2.17. The predicted molar refractivity (Wildman–Crippen MR) is 49.4 cm³/mol. The molecule has 0 aliphatic carbocycles. The third-order valence-corrected chi connectivity index (χ3v) is 3.22. The van der Waals surface area contributed by atoms with Gasteiger partial charge in [0.2, 0.25) is 0 Å². The fraction of sp³-hybridized carbons (Fsp3) is 0.857. The van der Waals surface area contributed by atoms with Crippen molar-refractivity contribution in [3.63, 3.8) is 0 Å². The Hall–Kier alpha value is 0.110. The van der Waals surface area contributed by atoms with Gasteiger partial charge in [0.1, 0.15) is 0 Å². The summed E-state index contributed by atoms with van der Waals surface area (Å²) in [6, 6.07) is 0. The number of thioether (sulfide) groups is 1. The van der Waals surface area contributed by atoms with Crippen LogP contribution in [0.3, 0.4) is 0 Å². The van der Waals surface area contributed by atoms with Gasteiger partial charge in [-0.2, -0.15) is 11.8 Å². The average molecular weight is 194 g/mol. The van der Waals surface area contributed by atoms with E-state index in [0.29, 0.717) is 5.25 Å². The first-order valence-corrected chi connectivity index (χ1v) is 5.22. The molecule has 1 heterocycles. The highest BCUT2D eigenvalue weighted by Crippen LogP contribution is 2.22. The van der Waals surface area contributed by atoms with Crippen molar-refractivity contribution in [3.05, 3.63) is 0 Å². The molecule has 0 spiro atoms. The molecular weight excluding hydrogens is 182 g/mol. The van der Waals surface area contributed by atoms with E-state index < -0.39 is 0 Å². The Morgan fingerprint density at radius 1 is 1.82 bits per heavy atom. The third kappa shape index (κ3) is 2.56. The molecule has 1 saturated heterocycles. The smallest absolute Gasteiger partial charge is 0.316 e. The lowest BCUT2D eigenvalue weighted by Crippen LogP contribution is -2.23. The second kappa shape index (κ2) is 4.21. The van der Waals surface area contributed by atoms with Gasteiger partial charge in [0.15, 0.2) is 0 Å². The van der Waals surface area contributed by atoms with Crippen LogP contribution in [0.1, 0.15) is 13.3 Å². The van der Waals surface area contributed by atoms with E-state index in [2.05, 4.69) is 6.92 Å². The lowest BCUT2D eigenvalue weighted by atomic mass is 10.4. The summed E-state index contributed by atoms with van der Waals surface area (Å²) in [4.78, 5) is 12.4. The molecule has 1 atom stereocenters. The van der Waals surface area contributed by atoms with Gasteiger partial charge in [0.25, 0.3) is 0 Å². The van der Waals surface area contributed by atoms with E-state index in [-0.39, 0.29) is 5.37 Å². The van der Waals surface area contributed by atoms with Crippen LogP contribution in [0.2, 0.25) is 0 Å². The number of carbonyl (C=O) groups excluding carboxylic acids is 1. The second-order valence-corrected chi connectivity index (χ2v) is 4.47. The Balaban J connectivity index is 2.29. The van der Waals surface area contributed by atoms with Gasteiger partial charge in [0.05, 0.1) is 0 Å². The first-order chi connectivity index (χ1) is 5.24. The molecule has 0 aromatic rings. The van der Waals surface area contributed by atoms with Crippen LogP contribution >= 0.6 is 23.4 Å². The van der Waals surface area contributed by atoms with Gasteiger partial charge < -0.3 is 4.90 Å². The zero-order valence-electron chi connectivity index (χ0n) is 6.55. The summed E-state index contributed by atoms with van der Waals surface area (Å²) in [5.74, 6) is 1.12. The lowest BCUT2D eigenvalue weighted by molar-refractivity contribution is 0.232. The van der Waals surface area contributed by atoms with Crippen molar-refractivity contribution in [2.24, 2.45) is 0 Å². The third-order valence-electron chi connectivity index (χ3n) is 1.80. The molecule has 1 fully saturated rings. The van der Waals surface area contributed by atoms with E-state index >= 15 is 0 Å². The van der Waals surface area contributed by atoms with Gasteiger partial charge in [-0.1, -0.05) is 6.92 Å². The number of nitrogens with zero attached hydrogens (tertiary/aromatic N) is 1. The minimum Gasteiger partial charge on any atom is -0.328 e. The normalized spacial score (nSPS) is 24.2. The number of rotatable bonds is 2.